The van der Waals surface area contributed by atoms with Crippen molar-refractivity contribution >= 4 is 88.1 Å². The monoisotopic (exact) mass is 616 g/mol. The third-order valence-electron chi connectivity index (χ3n) is 9.48. The predicted octanol–water partition coefficient (Wildman–Crippen LogP) is 10.4. The third kappa shape index (κ3) is 5.46. The molecule has 0 heterocycles. The summed E-state index contributed by atoms with van der Waals surface area (Å²) in [6.07, 6.45) is 4.92. The van der Waals surface area contributed by atoms with Crippen LogP contribution < -0.4 is 21.3 Å². The molecule has 0 atom stereocenters. The lowest BCUT2D eigenvalue weighted by atomic mass is 9.93. The van der Waals surface area contributed by atoms with Crippen molar-refractivity contribution in [1.82, 2.24) is 10.6 Å². The van der Waals surface area contributed by atoms with Gasteiger partial charge in [0.1, 0.15) is 0 Å². The van der Waals surface area contributed by atoms with Gasteiger partial charge in [-0.05, 0) is 78.8 Å². The molecule has 47 heavy (non-hydrogen) atoms. The van der Waals surface area contributed by atoms with Gasteiger partial charge < -0.3 is 21.3 Å². The van der Waals surface area contributed by atoms with E-state index in [1.807, 2.05) is 12.1 Å². The molecule has 0 aliphatic heterocycles. The molecule has 0 unspecified atom stereocenters. The molecule has 0 aliphatic carbocycles. The van der Waals surface area contributed by atoms with Crippen LogP contribution in [0, 0.1) is 0 Å². The fourth-order valence-corrected chi connectivity index (χ4v) is 7.21. The average Bonchev–Trinajstić information content (AvgIpc) is 3.10. The third-order valence-corrected chi connectivity index (χ3v) is 9.48. The van der Waals surface area contributed by atoms with E-state index >= 15 is 0 Å². The van der Waals surface area contributed by atoms with Crippen molar-refractivity contribution in [2.24, 2.45) is 0 Å². The second-order valence-electron chi connectivity index (χ2n) is 12.5. The van der Waals surface area contributed by atoms with Crippen molar-refractivity contribution in [2.45, 2.75) is 32.1 Å². The van der Waals surface area contributed by atoms with E-state index in [1.54, 1.807) is 0 Å². The maximum Gasteiger partial charge on any atom is 0.319 e. The molecule has 6 nitrogen and oxygen atoms in total. The summed E-state index contributed by atoms with van der Waals surface area (Å²) in [6.45, 7) is 1.25. The highest BCUT2D eigenvalue weighted by Crippen LogP contribution is 2.39. The number of nitrogens with one attached hydrogen (secondary N) is 4. The zero-order chi connectivity index (χ0) is 31.7. The molecule has 0 spiro atoms. The number of rotatable bonds is 10. The Morgan fingerprint density at radius 1 is 0.383 bits per heavy atom. The summed E-state index contributed by atoms with van der Waals surface area (Å²) >= 11 is 0. The van der Waals surface area contributed by atoms with Crippen LogP contribution in [0.4, 0.5) is 21.0 Å². The molecule has 232 valence electrons. The second-order valence-corrected chi connectivity index (χ2v) is 12.5. The topological polar surface area (TPSA) is 82.3 Å². The SMILES string of the molecule is O=C(NCCCCCCCNC(=O)Nc1ccc2ccc3cccc4ccc1c2c34)Nc1ccc2ccc3cccc4ccc1c2c34. The van der Waals surface area contributed by atoms with Gasteiger partial charge in [-0.2, -0.15) is 0 Å². The van der Waals surface area contributed by atoms with Gasteiger partial charge in [-0.1, -0.05) is 116 Å². The molecule has 0 radical (unpaired) electrons. The molecule has 4 amide bonds. The molecule has 0 aromatic heterocycles. The normalized spacial score (nSPS) is 11.7. The van der Waals surface area contributed by atoms with Crippen molar-refractivity contribution in [1.29, 1.82) is 0 Å². The maximum atomic E-state index is 12.7. The van der Waals surface area contributed by atoms with Gasteiger partial charge in [-0.25, -0.2) is 9.59 Å². The van der Waals surface area contributed by atoms with E-state index in [0.29, 0.717) is 13.1 Å². The molecule has 0 aliphatic rings. The molecule has 0 saturated heterocycles. The number of anilines is 2. The largest absolute Gasteiger partial charge is 0.338 e. The van der Waals surface area contributed by atoms with Crippen LogP contribution in [0.15, 0.2) is 109 Å². The Hall–Kier alpha value is -5.62. The van der Waals surface area contributed by atoms with E-state index in [2.05, 4.69) is 118 Å². The standard InChI is InChI=1S/C41H36N4O2/c46-40(44-34-22-18-30-14-12-26-8-6-10-28-16-20-32(34)38(30)36(26)28)42-24-4-2-1-3-5-25-43-41(47)45-35-23-19-31-15-13-27-9-7-11-29-17-21-33(35)39(31)37(27)29/h6-23H,1-5,24-25H2,(H2,42,44,46)(H2,43,45,47). The Bertz CT molecular complexity index is 2200. The molecule has 6 heteroatoms. The van der Waals surface area contributed by atoms with Gasteiger partial charge in [0.05, 0.1) is 11.4 Å². The van der Waals surface area contributed by atoms with E-state index in [-0.39, 0.29) is 12.1 Å². The maximum absolute atomic E-state index is 12.7. The summed E-state index contributed by atoms with van der Waals surface area (Å²) in [5.74, 6) is 0. The molecule has 0 bridgehead atoms. The molecular formula is C41H36N4O2. The zero-order valence-electron chi connectivity index (χ0n) is 26.2. The first-order valence-electron chi connectivity index (χ1n) is 16.6. The zero-order valence-corrected chi connectivity index (χ0v) is 26.2. The summed E-state index contributed by atoms with van der Waals surface area (Å²) in [5.41, 5.74) is 1.65. The van der Waals surface area contributed by atoms with Crippen molar-refractivity contribution in [2.75, 3.05) is 23.7 Å². The first kappa shape index (κ1) is 28.8. The van der Waals surface area contributed by atoms with Crippen molar-refractivity contribution in [3.05, 3.63) is 109 Å². The van der Waals surface area contributed by atoms with E-state index in [4.69, 9.17) is 0 Å². The number of hydrogen-bond donors (Lipinski definition) is 4. The van der Waals surface area contributed by atoms with Crippen molar-refractivity contribution in [3.63, 3.8) is 0 Å². The van der Waals surface area contributed by atoms with Gasteiger partial charge in [-0.3, -0.25) is 0 Å². The summed E-state index contributed by atoms with van der Waals surface area (Å²) in [6, 6.07) is 37.6. The highest BCUT2D eigenvalue weighted by molar-refractivity contribution is 6.27. The number of benzene rings is 8. The molecule has 4 N–H and O–H groups in total. The van der Waals surface area contributed by atoms with Gasteiger partial charge >= 0.3 is 12.1 Å². The van der Waals surface area contributed by atoms with E-state index < -0.39 is 0 Å². The predicted molar refractivity (Wildman–Crippen MR) is 197 cm³/mol. The Balaban J connectivity index is 0.767. The Morgan fingerprint density at radius 2 is 0.723 bits per heavy atom. The summed E-state index contributed by atoms with van der Waals surface area (Å²) in [7, 11) is 0. The minimum atomic E-state index is -0.181. The lowest BCUT2D eigenvalue weighted by molar-refractivity contribution is 0.251. The fraction of sp³-hybridized carbons (Fsp3) is 0.171. The highest BCUT2D eigenvalue weighted by Gasteiger charge is 2.14. The van der Waals surface area contributed by atoms with Crippen LogP contribution in [-0.2, 0) is 0 Å². The Morgan fingerprint density at radius 3 is 1.15 bits per heavy atom. The van der Waals surface area contributed by atoms with Crippen LogP contribution in [0.5, 0.6) is 0 Å². The van der Waals surface area contributed by atoms with Crippen molar-refractivity contribution in [3.8, 4) is 0 Å². The van der Waals surface area contributed by atoms with Crippen LogP contribution in [0.3, 0.4) is 0 Å². The minimum Gasteiger partial charge on any atom is -0.338 e. The Kier molecular flexibility index (Phi) is 7.54. The van der Waals surface area contributed by atoms with Crippen LogP contribution >= 0.6 is 0 Å². The van der Waals surface area contributed by atoms with Gasteiger partial charge in [0.15, 0.2) is 0 Å². The number of amides is 4. The van der Waals surface area contributed by atoms with E-state index in [1.165, 1.54) is 53.9 Å². The first-order valence-corrected chi connectivity index (χ1v) is 16.6. The van der Waals surface area contributed by atoms with Crippen LogP contribution in [0.25, 0.3) is 64.6 Å². The van der Waals surface area contributed by atoms with Crippen molar-refractivity contribution < 1.29 is 9.59 Å². The Labute approximate surface area is 272 Å². The van der Waals surface area contributed by atoms with Crippen LogP contribution in [0.1, 0.15) is 32.1 Å². The number of carbonyl (C=O) groups excluding carboxylic acids is 2. The highest BCUT2D eigenvalue weighted by atomic mass is 16.2. The van der Waals surface area contributed by atoms with E-state index in [0.717, 1.165) is 54.3 Å². The van der Waals surface area contributed by atoms with Gasteiger partial charge in [0.25, 0.3) is 0 Å². The molecule has 8 aromatic rings. The average molecular weight is 617 g/mol. The van der Waals surface area contributed by atoms with Gasteiger partial charge in [0.2, 0.25) is 0 Å². The quantitative estimate of drug-likeness (QED) is 0.0911. The minimum absolute atomic E-state index is 0.181. The van der Waals surface area contributed by atoms with Gasteiger partial charge in [-0.15, -0.1) is 0 Å². The molecular weight excluding hydrogens is 580 g/mol. The molecule has 0 fully saturated rings. The van der Waals surface area contributed by atoms with Gasteiger partial charge in [0, 0.05) is 23.9 Å². The lowest BCUT2D eigenvalue weighted by Gasteiger charge is -2.15. The van der Waals surface area contributed by atoms with E-state index in [9.17, 15) is 9.59 Å². The first-order chi connectivity index (χ1) is 23.1. The fourth-order valence-electron chi connectivity index (χ4n) is 7.21. The molecule has 8 rings (SSSR count). The number of carbonyl (C=O) groups is 2. The lowest BCUT2D eigenvalue weighted by Crippen LogP contribution is -2.29. The summed E-state index contributed by atoms with van der Waals surface area (Å²) < 4.78 is 0. The molecule has 8 aromatic carbocycles. The summed E-state index contributed by atoms with van der Waals surface area (Å²) in [4.78, 5) is 25.5. The number of unbranched alkanes of at least 4 members (excludes halogenated alkanes) is 4. The number of urea groups is 2. The van der Waals surface area contributed by atoms with Crippen LogP contribution in [0.2, 0.25) is 0 Å². The molecule has 0 saturated carbocycles. The number of hydrogen-bond acceptors (Lipinski definition) is 2. The summed E-state index contributed by atoms with van der Waals surface area (Å²) in [5, 5.41) is 26.3. The second kappa shape index (κ2) is 12.3. The van der Waals surface area contributed by atoms with Crippen LogP contribution in [-0.4, -0.2) is 25.2 Å². The smallest absolute Gasteiger partial charge is 0.319 e.